The molecule has 2 nitrogen and oxygen atoms in total. The van der Waals surface area contributed by atoms with Gasteiger partial charge in [0.15, 0.2) is 0 Å². The topological polar surface area (TPSA) is 29.3 Å². The van der Waals surface area contributed by atoms with E-state index in [1.165, 1.54) is 37.8 Å². The third kappa shape index (κ3) is 3.23. The molecular weight excluding hydrogens is 276 g/mol. The van der Waals surface area contributed by atoms with Gasteiger partial charge in [-0.05, 0) is 43.5 Å². The average Bonchev–Trinajstić information content (AvgIpc) is 2.33. The van der Waals surface area contributed by atoms with E-state index in [0.717, 1.165) is 22.7 Å². The SMILES string of the molecule is CCC1CCCCN1Cc1ccc(N)cc1Br. The van der Waals surface area contributed by atoms with Crippen molar-refractivity contribution < 1.29 is 0 Å². The Labute approximate surface area is 112 Å². The summed E-state index contributed by atoms with van der Waals surface area (Å²) in [5.74, 6) is 0. The van der Waals surface area contributed by atoms with Gasteiger partial charge in [0.1, 0.15) is 0 Å². The zero-order valence-electron chi connectivity index (χ0n) is 10.5. The van der Waals surface area contributed by atoms with Gasteiger partial charge in [-0.25, -0.2) is 0 Å². The number of piperidine rings is 1. The molecule has 1 heterocycles. The van der Waals surface area contributed by atoms with Crippen LogP contribution in [0.1, 0.15) is 38.2 Å². The van der Waals surface area contributed by atoms with E-state index in [0.29, 0.717) is 0 Å². The first kappa shape index (κ1) is 12.9. The fourth-order valence-electron chi connectivity index (χ4n) is 2.64. The Morgan fingerprint density at radius 3 is 2.94 bits per heavy atom. The summed E-state index contributed by atoms with van der Waals surface area (Å²) in [5.41, 5.74) is 7.94. The molecule has 0 aromatic heterocycles. The van der Waals surface area contributed by atoms with E-state index in [9.17, 15) is 0 Å². The maximum absolute atomic E-state index is 5.77. The minimum atomic E-state index is 0.758. The van der Waals surface area contributed by atoms with Crippen LogP contribution < -0.4 is 5.73 Å². The predicted octanol–water partition coefficient (Wildman–Crippen LogP) is 3.80. The summed E-state index contributed by atoms with van der Waals surface area (Å²) in [4.78, 5) is 2.61. The van der Waals surface area contributed by atoms with Gasteiger partial charge in [-0.3, -0.25) is 4.90 Å². The molecule has 1 aromatic rings. The Bertz CT molecular complexity index is 378. The zero-order valence-corrected chi connectivity index (χ0v) is 12.0. The largest absolute Gasteiger partial charge is 0.399 e. The summed E-state index contributed by atoms with van der Waals surface area (Å²) in [6, 6.07) is 6.89. The van der Waals surface area contributed by atoms with Crippen LogP contribution in [0.25, 0.3) is 0 Å². The second-order valence-corrected chi connectivity index (χ2v) is 5.73. The fraction of sp³-hybridized carbons (Fsp3) is 0.571. The molecule has 1 aliphatic heterocycles. The Hall–Kier alpha value is -0.540. The lowest BCUT2D eigenvalue weighted by molar-refractivity contribution is 0.136. The van der Waals surface area contributed by atoms with E-state index in [1.54, 1.807) is 0 Å². The number of hydrogen-bond donors (Lipinski definition) is 1. The Kier molecular flexibility index (Phi) is 4.46. The van der Waals surface area contributed by atoms with Crippen LogP contribution in [-0.2, 0) is 6.54 Å². The molecule has 1 saturated heterocycles. The van der Waals surface area contributed by atoms with Gasteiger partial charge < -0.3 is 5.73 Å². The lowest BCUT2D eigenvalue weighted by Gasteiger charge is -2.35. The molecule has 17 heavy (non-hydrogen) atoms. The molecule has 1 unspecified atom stereocenters. The number of anilines is 1. The van der Waals surface area contributed by atoms with Gasteiger partial charge in [-0.1, -0.05) is 35.3 Å². The highest BCUT2D eigenvalue weighted by Gasteiger charge is 2.21. The molecule has 0 saturated carbocycles. The van der Waals surface area contributed by atoms with Crippen molar-refractivity contribution in [1.82, 2.24) is 4.90 Å². The normalized spacial score (nSPS) is 21.6. The lowest BCUT2D eigenvalue weighted by atomic mass is 9.99. The van der Waals surface area contributed by atoms with Crippen molar-refractivity contribution in [3.63, 3.8) is 0 Å². The molecular formula is C14H21BrN2. The first-order valence-corrected chi connectivity index (χ1v) is 7.28. The highest BCUT2D eigenvalue weighted by Crippen LogP contribution is 2.26. The van der Waals surface area contributed by atoms with Crippen molar-refractivity contribution in [2.75, 3.05) is 12.3 Å². The molecule has 1 fully saturated rings. The van der Waals surface area contributed by atoms with Gasteiger partial charge in [0.25, 0.3) is 0 Å². The molecule has 2 N–H and O–H groups in total. The lowest BCUT2D eigenvalue weighted by Crippen LogP contribution is -2.38. The van der Waals surface area contributed by atoms with Gasteiger partial charge in [-0.15, -0.1) is 0 Å². The van der Waals surface area contributed by atoms with Gasteiger partial charge in [0, 0.05) is 22.7 Å². The highest BCUT2D eigenvalue weighted by atomic mass is 79.9. The van der Waals surface area contributed by atoms with Crippen LogP contribution in [0.2, 0.25) is 0 Å². The van der Waals surface area contributed by atoms with Crippen LogP contribution >= 0.6 is 15.9 Å². The van der Waals surface area contributed by atoms with Crippen molar-refractivity contribution in [1.29, 1.82) is 0 Å². The summed E-state index contributed by atoms with van der Waals surface area (Å²) < 4.78 is 1.14. The minimum Gasteiger partial charge on any atom is -0.399 e. The third-order valence-corrected chi connectivity index (χ3v) is 4.41. The first-order valence-electron chi connectivity index (χ1n) is 6.48. The molecule has 94 valence electrons. The van der Waals surface area contributed by atoms with Crippen molar-refractivity contribution in [3.8, 4) is 0 Å². The fourth-order valence-corrected chi connectivity index (χ4v) is 3.16. The smallest absolute Gasteiger partial charge is 0.0325 e. The zero-order chi connectivity index (χ0) is 12.3. The van der Waals surface area contributed by atoms with E-state index in [2.05, 4.69) is 33.8 Å². The molecule has 0 amide bonds. The maximum atomic E-state index is 5.77. The Morgan fingerprint density at radius 2 is 2.24 bits per heavy atom. The second-order valence-electron chi connectivity index (χ2n) is 4.88. The monoisotopic (exact) mass is 296 g/mol. The van der Waals surface area contributed by atoms with Crippen molar-refractivity contribution in [2.45, 2.75) is 45.2 Å². The van der Waals surface area contributed by atoms with Crippen molar-refractivity contribution in [2.24, 2.45) is 0 Å². The number of halogens is 1. The number of likely N-dealkylation sites (tertiary alicyclic amines) is 1. The second kappa shape index (κ2) is 5.87. The van der Waals surface area contributed by atoms with Gasteiger partial charge >= 0.3 is 0 Å². The van der Waals surface area contributed by atoms with Crippen LogP contribution in [0.5, 0.6) is 0 Å². The summed E-state index contributed by atoms with van der Waals surface area (Å²) in [7, 11) is 0. The van der Waals surface area contributed by atoms with E-state index in [4.69, 9.17) is 5.73 Å². The number of nitrogen functional groups attached to an aromatic ring is 1. The molecule has 0 radical (unpaired) electrons. The molecule has 0 aliphatic carbocycles. The van der Waals surface area contributed by atoms with Crippen LogP contribution in [-0.4, -0.2) is 17.5 Å². The van der Waals surface area contributed by atoms with Crippen molar-refractivity contribution >= 4 is 21.6 Å². The van der Waals surface area contributed by atoms with Gasteiger partial charge in [0.05, 0.1) is 0 Å². The van der Waals surface area contributed by atoms with E-state index in [1.807, 2.05) is 12.1 Å². The molecule has 1 aliphatic rings. The maximum Gasteiger partial charge on any atom is 0.0325 e. The summed E-state index contributed by atoms with van der Waals surface area (Å²) >= 11 is 3.61. The van der Waals surface area contributed by atoms with E-state index >= 15 is 0 Å². The number of hydrogen-bond acceptors (Lipinski definition) is 2. The average molecular weight is 297 g/mol. The first-order chi connectivity index (χ1) is 8.20. The van der Waals surface area contributed by atoms with Crippen LogP contribution in [0, 0.1) is 0 Å². The van der Waals surface area contributed by atoms with Crippen LogP contribution in [0.15, 0.2) is 22.7 Å². The number of nitrogens with two attached hydrogens (primary N) is 1. The molecule has 1 aromatic carbocycles. The van der Waals surface area contributed by atoms with Crippen LogP contribution in [0.3, 0.4) is 0 Å². The summed E-state index contributed by atoms with van der Waals surface area (Å²) in [6.45, 7) is 4.57. The van der Waals surface area contributed by atoms with Gasteiger partial charge in [0.2, 0.25) is 0 Å². The number of benzene rings is 1. The summed E-state index contributed by atoms with van der Waals surface area (Å²) in [5, 5.41) is 0. The predicted molar refractivity (Wildman–Crippen MR) is 76.9 cm³/mol. The molecule has 3 heteroatoms. The quantitative estimate of drug-likeness (QED) is 0.860. The van der Waals surface area contributed by atoms with Gasteiger partial charge in [-0.2, -0.15) is 0 Å². The van der Waals surface area contributed by atoms with Crippen LogP contribution in [0.4, 0.5) is 5.69 Å². The number of nitrogens with zero attached hydrogens (tertiary/aromatic N) is 1. The molecule has 2 rings (SSSR count). The standard InChI is InChI=1S/C14H21BrN2/c1-2-13-5-3-4-8-17(13)10-11-6-7-12(16)9-14(11)15/h6-7,9,13H,2-5,8,10,16H2,1H3. The highest BCUT2D eigenvalue weighted by molar-refractivity contribution is 9.10. The minimum absolute atomic E-state index is 0.758. The molecule has 0 spiro atoms. The third-order valence-electron chi connectivity index (χ3n) is 3.67. The summed E-state index contributed by atoms with van der Waals surface area (Å²) in [6.07, 6.45) is 5.33. The van der Waals surface area contributed by atoms with Crippen molar-refractivity contribution in [3.05, 3.63) is 28.2 Å². The van der Waals surface area contributed by atoms with E-state index < -0.39 is 0 Å². The Balaban J connectivity index is 2.08. The molecule has 0 bridgehead atoms. The Morgan fingerprint density at radius 1 is 1.41 bits per heavy atom. The molecule has 1 atom stereocenters. The van der Waals surface area contributed by atoms with E-state index in [-0.39, 0.29) is 0 Å². The number of rotatable bonds is 3.